The number of amides is 1. The molecule has 0 radical (unpaired) electrons. The fourth-order valence-electron chi connectivity index (χ4n) is 2.07. The molecule has 0 aromatic heterocycles. The van der Waals surface area contributed by atoms with Gasteiger partial charge in [0.1, 0.15) is 0 Å². The van der Waals surface area contributed by atoms with Crippen molar-refractivity contribution in [1.29, 1.82) is 0 Å². The highest BCUT2D eigenvalue weighted by molar-refractivity contribution is 5.82. The van der Waals surface area contributed by atoms with E-state index in [9.17, 15) is 4.79 Å². The van der Waals surface area contributed by atoms with Crippen LogP contribution >= 0.6 is 0 Å². The van der Waals surface area contributed by atoms with Gasteiger partial charge >= 0.3 is 0 Å². The van der Waals surface area contributed by atoms with Crippen LogP contribution in [0.15, 0.2) is 0 Å². The monoisotopic (exact) mass is 213 g/mol. The Morgan fingerprint density at radius 1 is 1.53 bits per heavy atom. The summed E-state index contributed by atoms with van der Waals surface area (Å²) in [7, 11) is 2.01. The van der Waals surface area contributed by atoms with E-state index in [2.05, 4.69) is 18.7 Å². The first kappa shape index (κ1) is 12.5. The molecule has 1 heterocycles. The molecule has 0 aromatic carbocycles. The average Bonchev–Trinajstić information content (AvgIpc) is 2.23. The first-order valence-corrected chi connectivity index (χ1v) is 5.82. The van der Waals surface area contributed by atoms with Crippen molar-refractivity contribution in [3.05, 3.63) is 0 Å². The summed E-state index contributed by atoms with van der Waals surface area (Å²) in [6.07, 6.45) is 1.78. The summed E-state index contributed by atoms with van der Waals surface area (Å²) in [5, 5.41) is 0. The normalized spacial score (nSPS) is 25.7. The highest BCUT2D eigenvalue weighted by atomic mass is 16.2. The molecule has 1 fully saturated rings. The minimum absolute atomic E-state index is 0.00208. The van der Waals surface area contributed by atoms with Gasteiger partial charge in [0.05, 0.1) is 6.04 Å². The molecule has 0 spiro atoms. The predicted molar refractivity (Wildman–Crippen MR) is 61.6 cm³/mol. The first-order valence-electron chi connectivity index (χ1n) is 5.82. The number of carbonyl (C=O) groups is 1. The van der Waals surface area contributed by atoms with Gasteiger partial charge in [-0.3, -0.25) is 9.69 Å². The van der Waals surface area contributed by atoms with Gasteiger partial charge in [-0.15, -0.1) is 0 Å². The van der Waals surface area contributed by atoms with Crippen molar-refractivity contribution >= 4 is 5.91 Å². The van der Waals surface area contributed by atoms with Gasteiger partial charge in [0.2, 0.25) is 5.91 Å². The minimum Gasteiger partial charge on any atom is -0.337 e. The zero-order chi connectivity index (χ0) is 11.4. The van der Waals surface area contributed by atoms with Crippen LogP contribution in [0.5, 0.6) is 0 Å². The molecular weight excluding hydrogens is 190 g/mol. The Kier molecular flexibility index (Phi) is 4.54. The van der Waals surface area contributed by atoms with Crippen LogP contribution in [0.25, 0.3) is 0 Å². The van der Waals surface area contributed by atoms with Crippen molar-refractivity contribution in [3.8, 4) is 0 Å². The summed E-state index contributed by atoms with van der Waals surface area (Å²) >= 11 is 0. The average molecular weight is 213 g/mol. The highest BCUT2D eigenvalue weighted by Crippen LogP contribution is 2.16. The summed E-state index contributed by atoms with van der Waals surface area (Å²) in [5.74, 6) is 0.253. The standard InChI is InChI=1S/C11H23N3O/c1-4-9(2)14-8-7-13(3)10(5-6-12)11(14)15/h9-10H,4-8,12H2,1-3H3. The number of rotatable bonds is 4. The maximum atomic E-state index is 12.2. The van der Waals surface area contributed by atoms with E-state index in [0.29, 0.717) is 12.6 Å². The second-order valence-corrected chi connectivity index (χ2v) is 4.36. The third-order valence-electron chi connectivity index (χ3n) is 3.36. The summed E-state index contributed by atoms with van der Waals surface area (Å²) in [6, 6.07) is 0.351. The van der Waals surface area contributed by atoms with Crippen LogP contribution in [0.1, 0.15) is 26.7 Å². The Hall–Kier alpha value is -0.610. The van der Waals surface area contributed by atoms with Gasteiger partial charge < -0.3 is 10.6 Å². The fourth-order valence-corrected chi connectivity index (χ4v) is 2.07. The number of nitrogens with zero attached hydrogens (tertiary/aromatic N) is 2. The van der Waals surface area contributed by atoms with E-state index in [1.54, 1.807) is 0 Å². The van der Waals surface area contributed by atoms with Crippen molar-refractivity contribution in [1.82, 2.24) is 9.80 Å². The minimum atomic E-state index is -0.00208. The molecule has 4 heteroatoms. The van der Waals surface area contributed by atoms with E-state index in [-0.39, 0.29) is 11.9 Å². The predicted octanol–water partition coefficient (Wildman–Crippen LogP) is 0.276. The lowest BCUT2D eigenvalue weighted by atomic mass is 10.1. The molecule has 0 aromatic rings. The summed E-state index contributed by atoms with van der Waals surface area (Å²) < 4.78 is 0. The zero-order valence-corrected chi connectivity index (χ0v) is 10.1. The summed E-state index contributed by atoms with van der Waals surface area (Å²) in [6.45, 7) is 6.62. The second kappa shape index (κ2) is 5.47. The Labute approximate surface area is 92.4 Å². The molecule has 1 saturated heterocycles. The number of hydrogen-bond acceptors (Lipinski definition) is 3. The number of hydrogen-bond donors (Lipinski definition) is 1. The van der Waals surface area contributed by atoms with Gasteiger partial charge in [0.25, 0.3) is 0 Å². The van der Waals surface area contributed by atoms with Crippen molar-refractivity contribution in [2.75, 3.05) is 26.7 Å². The zero-order valence-electron chi connectivity index (χ0n) is 10.1. The maximum absolute atomic E-state index is 12.2. The van der Waals surface area contributed by atoms with Crippen molar-refractivity contribution < 1.29 is 4.79 Å². The molecule has 0 bridgehead atoms. The van der Waals surface area contributed by atoms with Crippen LogP contribution in [0.4, 0.5) is 0 Å². The molecule has 1 aliphatic heterocycles. The van der Waals surface area contributed by atoms with Crippen molar-refractivity contribution in [3.63, 3.8) is 0 Å². The second-order valence-electron chi connectivity index (χ2n) is 4.36. The van der Waals surface area contributed by atoms with Crippen LogP contribution in [0, 0.1) is 0 Å². The van der Waals surface area contributed by atoms with Crippen molar-refractivity contribution in [2.45, 2.75) is 38.8 Å². The molecule has 2 unspecified atom stereocenters. The summed E-state index contributed by atoms with van der Waals surface area (Å²) in [4.78, 5) is 16.3. The molecule has 88 valence electrons. The van der Waals surface area contributed by atoms with E-state index in [0.717, 1.165) is 25.9 Å². The highest BCUT2D eigenvalue weighted by Gasteiger charge is 2.33. The molecule has 1 aliphatic rings. The molecule has 2 atom stereocenters. The Morgan fingerprint density at radius 3 is 2.73 bits per heavy atom. The van der Waals surface area contributed by atoms with Crippen LogP contribution in [-0.2, 0) is 4.79 Å². The molecule has 0 aliphatic carbocycles. The SMILES string of the molecule is CCC(C)N1CCN(C)C(CCN)C1=O. The van der Waals surface area contributed by atoms with E-state index in [1.807, 2.05) is 11.9 Å². The molecule has 4 nitrogen and oxygen atoms in total. The third kappa shape index (κ3) is 2.69. The maximum Gasteiger partial charge on any atom is 0.240 e. The Morgan fingerprint density at radius 2 is 2.20 bits per heavy atom. The number of piperazine rings is 1. The molecule has 1 rings (SSSR count). The van der Waals surface area contributed by atoms with E-state index in [1.165, 1.54) is 0 Å². The van der Waals surface area contributed by atoms with Gasteiger partial charge in [0, 0.05) is 19.1 Å². The van der Waals surface area contributed by atoms with Gasteiger partial charge in [-0.1, -0.05) is 6.92 Å². The topological polar surface area (TPSA) is 49.6 Å². The quantitative estimate of drug-likeness (QED) is 0.729. The molecule has 1 amide bonds. The van der Waals surface area contributed by atoms with Crippen molar-refractivity contribution in [2.24, 2.45) is 5.73 Å². The van der Waals surface area contributed by atoms with Gasteiger partial charge in [-0.2, -0.15) is 0 Å². The van der Waals surface area contributed by atoms with Gasteiger partial charge in [-0.05, 0) is 33.4 Å². The van der Waals surface area contributed by atoms with Gasteiger partial charge in [0.15, 0.2) is 0 Å². The lowest BCUT2D eigenvalue weighted by Crippen LogP contribution is -2.58. The molecular formula is C11H23N3O. The largest absolute Gasteiger partial charge is 0.337 e. The smallest absolute Gasteiger partial charge is 0.240 e. The number of nitrogens with two attached hydrogens (primary N) is 1. The lowest BCUT2D eigenvalue weighted by Gasteiger charge is -2.41. The Balaban J connectivity index is 2.67. The fraction of sp³-hybridized carbons (Fsp3) is 0.909. The van der Waals surface area contributed by atoms with Gasteiger partial charge in [-0.25, -0.2) is 0 Å². The molecule has 0 saturated carbocycles. The molecule has 15 heavy (non-hydrogen) atoms. The van der Waals surface area contributed by atoms with Crippen LogP contribution < -0.4 is 5.73 Å². The number of likely N-dealkylation sites (N-methyl/N-ethyl adjacent to an activating group) is 1. The third-order valence-corrected chi connectivity index (χ3v) is 3.36. The first-order chi connectivity index (χ1) is 7.11. The van der Waals surface area contributed by atoms with Crippen LogP contribution in [-0.4, -0.2) is 54.5 Å². The summed E-state index contributed by atoms with van der Waals surface area (Å²) in [5.41, 5.74) is 5.54. The van der Waals surface area contributed by atoms with E-state index >= 15 is 0 Å². The van der Waals surface area contributed by atoms with E-state index < -0.39 is 0 Å². The molecule has 2 N–H and O–H groups in total. The Bertz CT molecular complexity index is 212. The lowest BCUT2D eigenvalue weighted by molar-refractivity contribution is -0.143. The van der Waals surface area contributed by atoms with E-state index in [4.69, 9.17) is 5.73 Å². The van der Waals surface area contributed by atoms with Crippen LogP contribution in [0.2, 0.25) is 0 Å². The van der Waals surface area contributed by atoms with Crippen LogP contribution in [0.3, 0.4) is 0 Å². The number of carbonyl (C=O) groups excluding carboxylic acids is 1.